The summed E-state index contributed by atoms with van der Waals surface area (Å²) in [5.41, 5.74) is 1.23. The number of carbonyl (C=O) groups is 1. The van der Waals surface area contributed by atoms with E-state index < -0.39 is 6.36 Å². The van der Waals surface area contributed by atoms with Gasteiger partial charge in [0.1, 0.15) is 15.6 Å². The van der Waals surface area contributed by atoms with Gasteiger partial charge in [0, 0.05) is 18.7 Å². The fraction of sp³-hybridized carbons (Fsp3) is 0.444. The average molecular weight is 399 g/mol. The second-order valence-corrected chi connectivity index (χ2v) is 7.31. The summed E-state index contributed by atoms with van der Waals surface area (Å²) in [5, 5.41) is 3.49. The summed E-state index contributed by atoms with van der Waals surface area (Å²) >= 11 is 1.22. The maximum absolute atomic E-state index is 12.4. The van der Waals surface area contributed by atoms with Gasteiger partial charge in [0.25, 0.3) is 5.91 Å². The van der Waals surface area contributed by atoms with Gasteiger partial charge in [0.2, 0.25) is 0 Å². The smallest absolute Gasteiger partial charge is 0.406 e. The Morgan fingerprint density at radius 1 is 1.26 bits per heavy atom. The molecular formula is C18H20F3N3O2S. The van der Waals surface area contributed by atoms with Crippen LogP contribution in [-0.2, 0) is 0 Å². The third kappa shape index (κ3) is 5.43. The molecule has 5 nitrogen and oxygen atoms in total. The Kier molecular flexibility index (Phi) is 6.01. The minimum Gasteiger partial charge on any atom is -0.406 e. The summed E-state index contributed by atoms with van der Waals surface area (Å²) in [4.78, 5) is 19.6. The van der Waals surface area contributed by atoms with Gasteiger partial charge in [-0.3, -0.25) is 4.79 Å². The van der Waals surface area contributed by atoms with Crippen molar-refractivity contribution in [1.82, 2.24) is 15.2 Å². The molecule has 1 aromatic heterocycles. The highest BCUT2D eigenvalue weighted by Crippen LogP contribution is 2.30. The van der Waals surface area contributed by atoms with Crippen molar-refractivity contribution in [1.29, 1.82) is 0 Å². The minimum absolute atomic E-state index is 0.174. The van der Waals surface area contributed by atoms with Gasteiger partial charge >= 0.3 is 6.36 Å². The third-order valence-corrected chi connectivity index (χ3v) is 5.46. The molecule has 1 amide bonds. The number of halogens is 3. The molecular weight excluding hydrogens is 379 g/mol. The highest BCUT2D eigenvalue weighted by Gasteiger charge is 2.31. The van der Waals surface area contributed by atoms with E-state index in [1.807, 2.05) is 0 Å². The molecule has 27 heavy (non-hydrogen) atoms. The van der Waals surface area contributed by atoms with Gasteiger partial charge in [-0.15, -0.1) is 24.5 Å². The molecule has 1 aliphatic rings. The highest BCUT2D eigenvalue weighted by molar-refractivity contribution is 7.17. The fourth-order valence-electron chi connectivity index (χ4n) is 2.94. The monoisotopic (exact) mass is 399 g/mol. The first-order valence-electron chi connectivity index (χ1n) is 8.66. The summed E-state index contributed by atoms with van der Waals surface area (Å²) in [6.45, 7) is 5.31. The SMILES string of the molecule is Cc1nc(-c2ccc(OC(F)(F)F)cc2)sc1C(=O)NCCN1CCCC1. The number of ether oxygens (including phenoxy) is 1. The number of benzene rings is 1. The maximum Gasteiger partial charge on any atom is 0.573 e. The number of thiazole rings is 1. The molecule has 0 aliphatic carbocycles. The van der Waals surface area contributed by atoms with Crippen molar-refractivity contribution in [3.05, 3.63) is 34.8 Å². The van der Waals surface area contributed by atoms with E-state index in [1.165, 1.54) is 48.4 Å². The number of likely N-dealkylation sites (tertiary alicyclic amines) is 1. The molecule has 2 heterocycles. The lowest BCUT2D eigenvalue weighted by atomic mass is 10.2. The first-order chi connectivity index (χ1) is 12.8. The molecule has 1 saturated heterocycles. The van der Waals surface area contributed by atoms with E-state index in [-0.39, 0.29) is 11.7 Å². The first-order valence-corrected chi connectivity index (χ1v) is 9.47. The van der Waals surface area contributed by atoms with Gasteiger partial charge in [-0.1, -0.05) is 0 Å². The number of hydrogen-bond acceptors (Lipinski definition) is 5. The Morgan fingerprint density at radius 3 is 2.56 bits per heavy atom. The second-order valence-electron chi connectivity index (χ2n) is 6.31. The molecule has 0 atom stereocenters. The Hall–Kier alpha value is -2.13. The van der Waals surface area contributed by atoms with Crippen LogP contribution in [0, 0.1) is 6.92 Å². The summed E-state index contributed by atoms with van der Waals surface area (Å²) in [7, 11) is 0. The van der Waals surface area contributed by atoms with Crippen molar-refractivity contribution in [3.63, 3.8) is 0 Å². The normalized spacial score (nSPS) is 15.1. The van der Waals surface area contributed by atoms with Gasteiger partial charge in [-0.25, -0.2) is 4.98 Å². The molecule has 0 spiro atoms. The minimum atomic E-state index is -4.72. The largest absolute Gasteiger partial charge is 0.573 e. The van der Waals surface area contributed by atoms with E-state index in [0.717, 1.165) is 19.6 Å². The van der Waals surface area contributed by atoms with Gasteiger partial charge in [0.05, 0.1) is 5.69 Å². The number of amides is 1. The molecule has 0 saturated carbocycles. The van der Waals surface area contributed by atoms with Crippen LogP contribution in [0.15, 0.2) is 24.3 Å². The van der Waals surface area contributed by atoms with Crippen molar-refractivity contribution in [2.75, 3.05) is 26.2 Å². The molecule has 146 valence electrons. The molecule has 2 aromatic rings. The van der Waals surface area contributed by atoms with E-state index in [1.54, 1.807) is 6.92 Å². The van der Waals surface area contributed by atoms with Gasteiger partial charge in [-0.05, 0) is 57.1 Å². The van der Waals surface area contributed by atoms with E-state index in [9.17, 15) is 18.0 Å². The molecule has 3 rings (SSSR count). The van der Waals surface area contributed by atoms with Gasteiger partial charge < -0.3 is 15.0 Å². The zero-order chi connectivity index (χ0) is 19.4. The summed E-state index contributed by atoms with van der Waals surface area (Å²) in [6.07, 6.45) is -2.31. The van der Waals surface area contributed by atoms with Crippen molar-refractivity contribution in [2.45, 2.75) is 26.1 Å². The van der Waals surface area contributed by atoms with Crippen LogP contribution in [0.2, 0.25) is 0 Å². The fourth-order valence-corrected chi connectivity index (χ4v) is 3.93. The lowest BCUT2D eigenvalue weighted by Gasteiger charge is -2.14. The van der Waals surface area contributed by atoms with Crippen molar-refractivity contribution < 1.29 is 22.7 Å². The maximum atomic E-state index is 12.4. The van der Waals surface area contributed by atoms with Crippen LogP contribution in [0.4, 0.5) is 13.2 Å². The predicted octanol–water partition coefficient (Wildman–Crippen LogP) is 3.84. The first kappa shape index (κ1) is 19.6. The zero-order valence-electron chi connectivity index (χ0n) is 14.8. The van der Waals surface area contributed by atoms with Crippen LogP contribution >= 0.6 is 11.3 Å². The number of alkyl halides is 3. The van der Waals surface area contributed by atoms with Gasteiger partial charge in [0.15, 0.2) is 0 Å². The van der Waals surface area contributed by atoms with E-state index in [0.29, 0.717) is 27.7 Å². The zero-order valence-corrected chi connectivity index (χ0v) is 15.6. The number of nitrogens with zero attached hydrogens (tertiary/aromatic N) is 2. The van der Waals surface area contributed by atoms with Crippen molar-refractivity contribution in [3.8, 4) is 16.3 Å². The quantitative estimate of drug-likeness (QED) is 0.802. The van der Waals surface area contributed by atoms with Crippen LogP contribution in [0.5, 0.6) is 5.75 Å². The predicted molar refractivity (Wildman–Crippen MR) is 97.0 cm³/mol. The van der Waals surface area contributed by atoms with Crippen LogP contribution in [0.1, 0.15) is 28.2 Å². The molecule has 1 aromatic carbocycles. The van der Waals surface area contributed by atoms with Crippen LogP contribution in [0.25, 0.3) is 10.6 Å². The molecule has 1 aliphatic heterocycles. The standard InChI is InChI=1S/C18H20F3N3O2S/c1-12-15(16(25)22-8-11-24-9-2-3-10-24)27-17(23-12)13-4-6-14(7-5-13)26-18(19,20)21/h4-7H,2-3,8-11H2,1H3,(H,22,25). The molecule has 0 radical (unpaired) electrons. The van der Waals surface area contributed by atoms with Crippen molar-refractivity contribution in [2.24, 2.45) is 0 Å². The molecule has 0 bridgehead atoms. The molecule has 9 heteroatoms. The molecule has 1 N–H and O–H groups in total. The number of hydrogen-bond donors (Lipinski definition) is 1. The number of carbonyl (C=O) groups excluding carboxylic acids is 1. The van der Waals surface area contributed by atoms with Crippen LogP contribution < -0.4 is 10.1 Å². The summed E-state index contributed by atoms with van der Waals surface area (Å²) in [5.74, 6) is -0.466. The number of aromatic nitrogens is 1. The average Bonchev–Trinajstić information content (AvgIpc) is 3.24. The Bertz CT molecular complexity index is 784. The summed E-state index contributed by atoms with van der Waals surface area (Å²) in [6, 6.07) is 5.45. The van der Waals surface area contributed by atoms with E-state index in [2.05, 4.69) is 19.9 Å². The number of rotatable bonds is 6. The molecule has 1 fully saturated rings. The van der Waals surface area contributed by atoms with Gasteiger partial charge in [-0.2, -0.15) is 0 Å². The molecule has 0 unspecified atom stereocenters. The highest BCUT2D eigenvalue weighted by atomic mass is 32.1. The number of aryl methyl sites for hydroxylation is 1. The number of nitrogens with one attached hydrogen (secondary N) is 1. The van der Waals surface area contributed by atoms with E-state index >= 15 is 0 Å². The van der Waals surface area contributed by atoms with Crippen LogP contribution in [0.3, 0.4) is 0 Å². The topological polar surface area (TPSA) is 54.5 Å². The van der Waals surface area contributed by atoms with E-state index in [4.69, 9.17) is 0 Å². The summed E-state index contributed by atoms with van der Waals surface area (Å²) < 4.78 is 40.6. The van der Waals surface area contributed by atoms with Crippen LogP contribution in [-0.4, -0.2) is 48.3 Å². The Balaban J connectivity index is 1.62. The second kappa shape index (κ2) is 8.26. The Morgan fingerprint density at radius 2 is 1.93 bits per heavy atom. The Labute approximate surface area is 159 Å². The lowest BCUT2D eigenvalue weighted by molar-refractivity contribution is -0.274. The lowest BCUT2D eigenvalue weighted by Crippen LogP contribution is -2.33. The third-order valence-electron chi connectivity index (χ3n) is 4.25. The van der Waals surface area contributed by atoms with Crippen molar-refractivity contribution >= 4 is 17.2 Å².